The number of rotatable bonds is 2. The molecule has 1 aromatic carbocycles. The molecule has 0 radical (unpaired) electrons. The van der Waals surface area contributed by atoms with Crippen molar-refractivity contribution >= 4 is 26.9 Å². The van der Waals surface area contributed by atoms with Crippen LogP contribution in [-0.4, -0.2) is 30.8 Å². The van der Waals surface area contributed by atoms with Gasteiger partial charge < -0.3 is 0 Å². The second-order valence-electron chi connectivity index (χ2n) is 7.67. The van der Waals surface area contributed by atoms with Crippen LogP contribution in [0.25, 0.3) is 5.57 Å². The first-order valence-corrected chi connectivity index (χ1v) is 12.2. The molecule has 29 heavy (non-hydrogen) atoms. The average Bonchev–Trinajstić information content (AvgIpc) is 3.39. The summed E-state index contributed by atoms with van der Waals surface area (Å²) in [5, 5.41) is 1.81. The number of nitrogens with zero attached hydrogens (tertiary/aromatic N) is 2. The van der Waals surface area contributed by atoms with Crippen LogP contribution in [0, 0.1) is 6.92 Å². The lowest BCUT2D eigenvalue weighted by Crippen LogP contribution is -2.27. The fraction of sp³-hybridized carbons (Fsp3) is 0.261. The van der Waals surface area contributed by atoms with Crippen LogP contribution < -0.4 is 0 Å². The minimum absolute atomic E-state index is 0.416. The van der Waals surface area contributed by atoms with E-state index >= 15 is 0 Å². The van der Waals surface area contributed by atoms with Gasteiger partial charge in [-0.25, -0.2) is 8.42 Å². The Labute approximate surface area is 175 Å². The molecule has 0 bridgehead atoms. The van der Waals surface area contributed by atoms with Gasteiger partial charge in [0.05, 0.1) is 5.69 Å². The topological polar surface area (TPSA) is 50.3 Å². The summed E-state index contributed by atoms with van der Waals surface area (Å²) in [4.78, 5) is 4.74. The predicted octanol–water partition coefficient (Wildman–Crippen LogP) is 4.45. The summed E-state index contributed by atoms with van der Waals surface area (Å²) in [5.74, 6) is 0. The van der Waals surface area contributed by atoms with Gasteiger partial charge >= 0.3 is 0 Å². The molecule has 0 atom stereocenters. The normalized spacial score (nSPS) is 19.6. The van der Waals surface area contributed by atoms with E-state index in [0.29, 0.717) is 17.3 Å². The lowest BCUT2D eigenvalue weighted by Gasteiger charge is -2.16. The van der Waals surface area contributed by atoms with Gasteiger partial charge in [-0.2, -0.15) is 4.31 Å². The molecule has 0 saturated carbocycles. The molecule has 1 aliphatic heterocycles. The number of aryl methyl sites for hydroxylation is 3. The third kappa shape index (κ3) is 3.25. The third-order valence-corrected chi connectivity index (χ3v) is 9.01. The molecule has 3 heterocycles. The lowest BCUT2D eigenvalue weighted by molar-refractivity contribution is 0.483. The van der Waals surface area contributed by atoms with E-state index in [1.54, 1.807) is 16.4 Å². The monoisotopic (exact) mass is 422 g/mol. The molecule has 0 N–H and O–H groups in total. The Kier molecular flexibility index (Phi) is 4.65. The quantitative estimate of drug-likeness (QED) is 0.613. The molecule has 0 spiro atoms. The van der Waals surface area contributed by atoms with E-state index < -0.39 is 10.0 Å². The van der Waals surface area contributed by atoms with Crippen LogP contribution >= 0.6 is 11.3 Å². The number of hydrogen-bond acceptors (Lipinski definition) is 4. The summed E-state index contributed by atoms with van der Waals surface area (Å²) >= 11 is 1.28. The first-order chi connectivity index (χ1) is 14.0. The first kappa shape index (κ1) is 18.7. The van der Waals surface area contributed by atoms with Crippen molar-refractivity contribution in [3.8, 4) is 0 Å². The second kappa shape index (κ2) is 7.20. The number of thiophene rings is 1. The second-order valence-corrected chi connectivity index (χ2v) is 10.8. The summed E-state index contributed by atoms with van der Waals surface area (Å²) in [6.45, 7) is 3.07. The summed E-state index contributed by atoms with van der Waals surface area (Å²) in [6.07, 6.45) is 4.51. The van der Waals surface area contributed by atoms with Gasteiger partial charge in [0.1, 0.15) is 4.21 Å². The molecule has 2 aromatic heterocycles. The number of benzene rings is 1. The first-order valence-electron chi connectivity index (χ1n) is 9.84. The highest BCUT2D eigenvalue weighted by Gasteiger charge is 2.33. The van der Waals surface area contributed by atoms with Gasteiger partial charge in [-0.3, -0.25) is 4.98 Å². The number of sulfonamides is 1. The van der Waals surface area contributed by atoms with E-state index in [9.17, 15) is 8.42 Å². The van der Waals surface area contributed by atoms with Crippen molar-refractivity contribution in [2.75, 3.05) is 13.1 Å². The molecular weight excluding hydrogens is 400 g/mol. The summed E-state index contributed by atoms with van der Waals surface area (Å²) in [7, 11) is -3.44. The fourth-order valence-corrected chi connectivity index (χ4v) is 6.95. The van der Waals surface area contributed by atoms with Crippen molar-refractivity contribution in [1.29, 1.82) is 0 Å². The maximum Gasteiger partial charge on any atom is 0.252 e. The molecular formula is C23H22N2O2S2. The summed E-state index contributed by atoms with van der Waals surface area (Å²) in [5.41, 5.74) is 8.33. The van der Waals surface area contributed by atoms with Gasteiger partial charge in [-0.1, -0.05) is 35.9 Å². The molecule has 5 rings (SSSR count). The van der Waals surface area contributed by atoms with Crippen molar-refractivity contribution in [1.82, 2.24) is 9.29 Å². The standard InChI is InChI=1S/C23H22N2O2S2/c1-16-6-9-20-18(14-16)8-7-17-4-2-11-24-23(17)22(20)19-10-12-25(15-19)29(26,27)21-5-3-13-28-21/h2-6,9,11,13-14H,7-8,10,12,15H2,1H3/b22-19-. The van der Waals surface area contributed by atoms with Crippen molar-refractivity contribution in [3.05, 3.63) is 87.6 Å². The Morgan fingerprint density at radius 1 is 1.03 bits per heavy atom. The maximum absolute atomic E-state index is 13.0. The highest BCUT2D eigenvalue weighted by molar-refractivity contribution is 7.91. The van der Waals surface area contributed by atoms with Gasteiger partial charge in [0.15, 0.2) is 0 Å². The van der Waals surface area contributed by atoms with Gasteiger partial charge in [0, 0.05) is 24.9 Å². The third-order valence-electron chi connectivity index (χ3n) is 5.79. The average molecular weight is 423 g/mol. The van der Waals surface area contributed by atoms with E-state index in [-0.39, 0.29) is 0 Å². The zero-order chi connectivity index (χ0) is 20.0. The summed E-state index contributed by atoms with van der Waals surface area (Å²) in [6, 6.07) is 14.2. The van der Waals surface area contributed by atoms with Gasteiger partial charge in [-0.05, 0) is 66.0 Å². The summed E-state index contributed by atoms with van der Waals surface area (Å²) < 4.78 is 28.1. The molecule has 2 aliphatic rings. The number of fused-ring (bicyclic) bond motifs is 2. The van der Waals surface area contributed by atoms with Crippen molar-refractivity contribution < 1.29 is 8.42 Å². The van der Waals surface area contributed by atoms with Crippen LogP contribution in [0.3, 0.4) is 0 Å². The van der Waals surface area contributed by atoms with Crippen LogP contribution in [0.15, 0.2) is 63.8 Å². The number of pyridine rings is 1. The highest BCUT2D eigenvalue weighted by atomic mass is 32.2. The van der Waals surface area contributed by atoms with E-state index in [1.165, 1.54) is 33.6 Å². The Balaban J connectivity index is 1.65. The Hall–Kier alpha value is -2.28. The smallest absolute Gasteiger partial charge is 0.252 e. The van der Waals surface area contributed by atoms with Crippen LogP contribution in [-0.2, 0) is 22.9 Å². The number of hydrogen-bond donors (Lipinski definition) is 0. The molecule has 1 aliphatic carbocycles. The number of aromatic nitrogens is 1. The Morgan fingerprint density at radius 2 is 1.90 bits per heavy atom. The minimum Gasteiger partial charge on any atom is -0.256 e. The SMILES string of the molecule is Cc1ccc2c(c1)CCc1cccnc1/C2=C1/CCN(S(=O)(=O)c2cccs2)C1. The van der Waals surface area contributed by atoms with Crippen molar-refractivity contribution in [2.45, 2.75) is 30.4 Å². The molecule has 148 valence electrons. The predicted molar refractivity (Wildman–Crippen MR) is 117 cm³/mol. The van der Waals surface area contributed by atoms with Crippen LogP contribution in [0.1, 0.15) is 34.4 Å². The van der Waals surface area contributed by atoms with Gasteiger partial charge in [-0.15, -0.1) is 11.3 Å². The molecule has 1 saturated heterocycles. The highest BCUT2D eigenvalue weighted by Crippen LogP contribution is 2.38. The molecule has 3 aromatic rings. The van der Waals surface area contributed by atoms with Crippen LogP contribution in [0.5, 0.6) is 0 Å². The van der Waals surface area contributed by atoms with E-state index in [2.05, 4.69) is 31.2 Å². The molecule has 0 unspecified atom stereocenters. The molecule has 4 nitrogen and oxygen atoms in total. The Bertz CT molecular complexity index is 1210. The largest absolute Gasteiger partial charge is 0.256 e. The Morgan fingerprint density at radius 3 is 2.72 bits per heavy atom. The van der Waals surface area contributed by atoms with E-state index in [1.807, 2.05) is 17.6 Å². The molecule has 0 amide bonds. The minimum atomic E-state index is -3.44. The van der Waals surface area contributed by atoms with Crippen molar-refractivity contribution in [3.63, 3.8) is 0 Å². The zero-order valence-corrected chi connectivity index (χ0v) is 17.9. The molecule has 1 fully saturated rings. The van der Waals surface area contributed by atoms with E-state index in [4.69, 9.17) is 4.98 Å². The van der Waals surface area contributed by atoms with Gasteiger partial charge in [0.2, 0.25) is 0 Å². The maximum atomic E-state index is 13.0. The van der Waals surface area contributed by atoms with Gasteiger partial charge in [0.25, 0.3) is 10.0 Å². The lowest BCUT2D eigenvalue weighted by atomic mass is 9.91. The fourth-order valence-electron chi connectivity index (χ4n) is 4.37. The molecule has 6 heteroatoms. The van der Waals surface area contributed by atoms with Crippen molar-refractivity contribution in [2.24, 2.45) is 0 Å². The van der Waals surface area contributed by atoms with Crippen LogP contribution in [0.4, 0.5) is 0 Å². The zero-order valence-electron chi connectivity index (χ0n) is 16.3. The van der Waals surface area contributed by atoms with E-state index in [0.717, 1.165) is 36.1 Å². The van der Waals surface area contributed by atoms with Crippen LogP contribution in [0.2, 0.25) is 0 Å².